The van der Waals surface area contributed by atoms with Crippen molar-refractivity contribution in [3.8, 4) is 0 Å². The summed E-state index contributed by atoms with van der Waals surface area (Å²) in [5.74, 6) is -0.444. The Bertz CT molecular complexity index is 580. The molecular weight excluding hydrogens is 404 g/mol. The van der Waals surface area contributed by atoms with Crippen molar-refractivity contribution >= 4 is 45.1 Å². The van der Waals surface area contributed by atoms with Crippen LogP contribution in [-0.2, 0) is 28.7 Å². The van der Waals surface area contributed by atoms with Gasteiger partial charge in [0.2, 0.25) is 0 Å². The van der Waals surface area contributed by atoms with Crippen LogP contribution >= 0.6 is 21.6 Å². The first-order valence-corrected chi connectivity index (χ1v) is 10.9. The molecule has 0 aliphatic rings. The van der Waals surface area contributed by atoms with E-state index in [2.05, 4.69) is 10.6 Å². The van der Waals surface area contributed by atoms with Crippen molar-refractivity contribution in [3.63, 3.8) is 0 Å². The van der Waals surface area contributed by atoms with Gasteiger partial charge in [-0.25, -0.2) is 9.59 Å². The molecule has 158 valence electrons. The Balaban J connectivity index is 4.78. The Labute approximate surface area is 173 Å². The van der Waals surface area contributed by atoms with Crippen LogP contribution in [0.25, 0.3) is 0 Å². The minimum atomic E-state index is -0.637. The zero-order chi connectivity index (χ0) is 21.7. The van der Waals surface area contributed by atoms with E-state index >= 15 is 0 Å². The fraction of sp³-hybridized carbons (Fsp3) is 0.556. The van der Waals surface area contributed by atoms with E-state index in [1.165, 1.54) is 61.8 Å². The lowest BCUT2D eigenvalue weighted by molar-refractivity contribution is -0.143. The van der Waals surface area contributed by atoms with Crippen LogP contribution in [0.15, 0.2) is 23.5 Å². The third-order valence-electron chi connectivity index (χ3n) is 3.17. The number of carbonyl (C=O) groups is 4. The highest BCUT2D eigenvalue weighted by atomic mass is 33.1. The third-order valence-corrected chi connectivity index (χ3v) is 5.59. The molecule has 0 aliphatic carbocycles. The minimum Gasteiger partial charge on any atom is -0.467 e. The quantitative estimate of drug-likeness (QED) is 0.193. The largest absolute Gasteiger partial charge is 0.467 e. The molecule has 0 aliphatic heterocycles. The van der Waals surface area contributed by atoms with E-state index in [1.807, 2.05) is 0 Å². The van der Waals surface area contributed by atoms with Gasteiger partial charge in [-0.1, -0.05) is 21.6 Å². The molecule has 28 heavy (non-hydrogen) atoms. The van der Waals surface area contributed by atoms with Crippen LogP contribution in [0.3, 0.4) is 0 Å². The van der Waals surface area contributed by atoms with Gasteiger partial charge in [-0.15, -0.1) is 0 Å². The van der Waals surface area contributed by atoms with Crippen LogP contribution in [0.5, 0.6) is 0 Å². The van der Waals surface area contributed by atoms with Crippen LogP contribution in [0.1, 0.15) is 27.7 Å². The minimum absolute atomic E-state index is 0.128. The summed E-state index contributed by atoms with van der Waals surface area (Å²) in [6, 6.07) is -1.27. The number of ketones is 2. The average Bonchev–Trinajstić information content (AvgIpc) is 2.60. The summed E-state index contributed by atoms with van der Waals surface area (Å²) in [5, 5.41) is 5.91. The zero-order valence-electron chi connectivity index (χ0n) is 17.0. The van der Waals surface area contributed by atoms with Crippen LogP contribution in [0, 0.1) is 0 Å². The molecule has 10 heteroatoms. The SMILES string of the molecule is COC(=O)[C@H](CSSC[C@H](N/C(C)=C/C(C)=O)C(=O)OC)N/C(C)=C/C(C)=O. The standard InChI is InChI=1S/C18H28N2O6S2/c1-11(7-13(3)21)19-15(17(23)25-5)9-27-28-10-16(18(24)26-6)20-12(2)8-14(4)22/h7-8,15-16,19-20H,9-10H2,1-6H3/b11-7+,12-8+/t15-,16-/m0/s1. The summed E-state index contributed by atoms with van der Waals surface area (Å²) in [5.41, 5.74) is 1.13. The van der Waals surface area contributed by atoms with Crippen molar-refractivity contribution in [1.82, 2.24) is 10.6 Å². The summed E-state index contributed by atoms with van der Waals surface area (Å²) < 4.78 is 9.56. The van der Waals surface area contributed by atoms with Gasteiger partial charge < -0.3 is 20.1 Å². The molecule has 0 saturated carbocycles. The lowest BCUT2D eigenvalue weighted by atomic mass is 10.3. The number of methoxy groups -OCH3 is 2. The predicted molar refractivity (Wildman–Crippen MR) is 112 cm³/mol. The van der Waals surface area contributed by atoms with Crippen molar-refractivity contribution in [2.24, 2.45) is 0 Å². The molecule has 0 saturated heterocycles. The summed E-state index contributed by atoms with van der Waals surface area (Å²) in [7, 11) is 5.32. The van der Waals surface area contributed by atoms with Crippen molar-refractivity contribution in [3.05, 3.63) is 23.5 Å². The van der Waals surface area contributed by atoms with Gasteiger partial charge >= 0.3 is 11.9 Å². The number of hydrogen-bond acceptors (Lipinski definition) is 10. The van der Waals surface area contributed by atoms with Crippen LogP contribution < -0.4 is 10.6 Å². The number of esters is 2. The molecule has 0 aromatic heterocycles. The molecule has 2 atom stereocenters. The van der Waals surface area contributed by atoms with Gasteiger partial charge in [0, 0.05) is 22.9 Å². The molecule has 0 rings (SSSR count). The first-order chi connectivity index (χ1) is 13.1. The molecule has 0 bridgehead atoms. The van der Waals surface area contributed by atoms with Crippen molar-refractivity contribution in [1.29, 1.82) is 0 Å². The highest BCUT2D eigenvalue weighted by Gasteiger charge is 2.22. The van der Waals surface area contributed by atoms with Crippen LogP contribution in [0.4, 0.5) is 0 Å². The lowest BCUT2D eigenvalue weighted by Gasteiger charge is -2.19. The number of rotatable bonds is 13. The Morgan fingerprint density at radius 1 is 0.750 bits per heavy atom. The molecule has 0 spiro atoms. The molecule has 0 unspecified atom stereocenters. The Morgan fingerprint density at radius 3 is 1.32 bits per heavy atom. The number of allylic oxidation sites excluding steroid dienone is 4. The summed E-state index contributed by atoms with van der Waals surface area (Å²) in [6.07, 6.45) is 2.80. The Hall–Kier alpha value is -1.94. The van der Waals surface area contributed by atoms with Gasteiger partial charge in [-0.05, 0) is 39.8 Å². The van der Waals surface area contributed by atoms with E-state index in [0.717, 1.165) is 0 Å². The van der Waals surface area contributed by atoms with E-state index in [9.17, 15) is 19.2 Å². The van der Waals surface area contributed by atoms with Crippen LogP contribution in [0.2, 0.25) is 0 Å². The zero-order valence-corrected chi connectivity index (χ0v) is 18.6. The maximum absolute atomic E-state index is 11.9. The number of ether oxygens (including phenoxy) is 2. The maximum atomic E-state index is 11.9. The Morgan fingerprint density at radius 2 is 1.07 bits per heavy atom. The topological polar surface area (TPSA) is 111 Å². The summed E-state index contributed by atoms with van der Waals surface area (Å²) >= 11 is 0. The monoisotopic (exact) mass is 432 g/mol. The summed E-state index contributed by atoms with van der Waals surface area (Å²) in [4.78, 5) is 46.1. The molecule has 8 nitrogen and oxygen atoms in total. The van der Waals surface area contributed by atoms with Gasteiger partial charge in [-0.2, -0.15) is 0 Å². The lowest BCUT2D eigenvalue weighted by Crippen LogP contribution is -2.39. The van der Waals surface area contributed by atoms with Gasteiger partial charge in [0.25, 0.3) is 0 Å². The molecule has 0 radical (unpaired) electrons. The number of carbonyl (C=O) groups excluding carboxylic acids is 4. The second-order valence-electron chi connectivity index (χ2n) is 5.89. The normalized spacial score (nSPS) is 13.9. The molecule has 2 N–H and O–H groups in total. The van der Waals surface area contributed by atoms with Crippen LogP contribution in [-0.4, -0.2) is 61.3 Å². The molecular formula is C18H28N2O6S2. The summed E-state index contributed by atoms with van der Waals surface area (Å²) in [6.45, 7) is 6.23. The van der Waals surface area contributed by atoms with E-state index in [4.69, 9.17) is 9.47 Å². The highest BCUT2D eigenvalue weighted by Crippen LogP contribution is 2.24. The van der Waals surface area contributed by atoms with E-state index in [-0.39, 0.29) is 11.6 Å². The third kappa shape index (κ3) is 11.7. The number of hydrogen-bond donors (Lipinski definition) is 2. The number of nitrogens with one attached hydrogen (secondary N) is 2. The smallest absolute Gasteiger partial charge is 0.329 e. The van der Waals surface area contributed by atoms with Crippen molar-refractivity contribution < 1.29 is 28.7 Å². The second-order valence-corrected chi connectivity index (χ2v) is 8.44. The van der Waals surface area contributed by atoms with E-state index < -0.39 is 24.0 Å². The average molecular weight is 433 g/mol. The maximum Gasteiger partial charge on any atom is 0.329 e. The highest BCUT2D eigenvalue weighted by molar-refractivity contribution is 8.76. The molecule has 0 fully saturated rings. The molecule has 0 aromatic rings. The van der Waals surface area contributed by atoms with Crippen molar-refractivity contribution in [2.75, 3.05) is 25.7 Å². The predicted octanol–water partition coefficient (Wildman–Crippen LogP) is 1.62. The second kappa shape index (κ2) is 14.1. The molecule has 0 heterocycles. The molecule has 0 aromatic carbocycles. The first kappa shape index (κ1) is 26.1. The van der Waals surface area contributed by atoms with Gasteiger partial charge in [0.05, 0.1) is 14.2 Å². The first-order valence-electron chi connectivity index (χ1n) is 8.41. The van der Waals surface area contributed by atoms with Gasteiger partial charge in [0.15, 0.2) is 11.6 Å². The fourth-order valence-corrected chi connectivity index (χ4v) is 4.39. The van der Waals surface area contributed by atoms with E-state index in [1.54, 1.807) is 13.8 Å². The van der Waals surface area contributed by atoms with Crippen molar-refractivity contribution in [2.45, 2.75) is 39.8 Å². The van der Waals surface area contributed by atoms with Gasteiger partial charge in [-0.3, -0.25) is 9.59 Å². The molecule has 0 amide bonds. The fourth-order valence-electron chi connectivity index (χ4n) is 2.10. The van der Waals surface area contributed by atoms with E-state index in [0.29, 0.717) is 22.9 Å². The Kier molecular flexibility index (Phi) is 13.1. The van der Waals surface area contributed by atoms with Gasteiger partial charge in [0.1, 0.15) is 12.1 Å².